The van der Waals surface area contributed by atoms with Gasteiger partial charge in [0.25, 0.3) is 0 Å². The van der Waals surface area contributed by atoms with E-state index in [1.54, 1.807) is 24.3 Å². The first-order valence-corrected chi connectivity index (χ1v) is 12.8. The molecule has 0 bridgehead atoms. The zero-order chi connectivity index (χ0) is 25.4. The molecule has 3 aromatic rings. The van der Waals surface area contributed by atoms with Crippen LogP contribution in [0.15, 0.2) is 77.7 Å². The van der Waals surface area contributed by atoms with Gasteiger partial charge in [0.1, 0.15) is 10.9 Å². The van der Waals surface area contributed by atoms with Gasteiger partial charge in [-0.2, -0.15) is 4.72 Å². The lowest BCUT2D eigenvalue weighted by molar-refractivity contribution is -0.138. The number of hydrogen-bond donors (Lipinski definition) is 4. The normalized spacial score (nSPS) is 12.1. The van der Waals surface area contributed by atoms with E-state index >= 15 is 0 Å². The molecular weight excluding hydrogens is 490 g/mol. The number of rotatable bonds is 10. The van der Waals surface area contributed by atoms with Gasteiger partial charge in [-0.05, 0) is 42.2 Å². The first kappa shape index (κ1) is 26.2. The molecule has 3 aromatic carbocycles. The molecule has 35 heavy (non-hydrogen) atoms. The number of carboxylic acids is 1. The number of carbonyl (C=O) groups is 2. The van der Waals surface area contributed by atoms with E-state index in [2.05, 4.69) is 15.4 Å². The van der Waals surface area contributed by atoms with Gasteiger partial charge in [0.2, 0.25) is 10.0 Å². The van der Waals surface area contributed by atoms with Crippen LogP contribution >= 0.6 is 11.6 Å². The van der Waals surface area contributed by atoms with Crippen LogP contribution in [0, 0.1) is 0 Å². The van der Waals surface area contributed by atoms with Crippen LogP contribution in [0.3, 0.4) is 0 Å². The van der Waals surface area contributed by atoms with E-state index < -0.39 is 28.1 Å². The summed E-state index contributed by atoms with van der Waals surface area (Å²) < 4.78 is 27.8. The number of anilines is 1. The molecule has 0 aromatic heterocycles. The van der Waals surface area contributed by atoms with Gasteiger partial charge in [0.15, 0.2) is 0 Å². The van der Waals surface area contributed by atoms with Crippen LogP contribution in [0.1, 0.15) is 18.9 Å². The highest BCUT2D eigenvalue weighted by molar-refractivity contribution is 7.89. The number of aliphatic carboxylic acids is 1. The highest BCUT2D eigenvalue weighted by Crippen LogP contribution is 2.30. The fourth-order valence-corrected chi connectivity index (χ4v) is 5.13. The highest BCUT2D eigenvalue weighted by Gasteiger charge is 2.27. The van der Waals surface area contributed by atoms with E-state index in [1.807, 2.05) is 37.3 Å². The third-order valence-corrected chi connectivity index (χ3v) is 7.09. The van der Waals surface area contributed by atoms with Crippen LogP contribution in [0.5, 0.6) is 0 Å². The van der Waals surface area contributed by atoms with Crippen LogP contribution in [-0.4, -0.2) is 38.1 Å². The van der Waals surface area contributed by atoms with Crippen molar-refractivity contribution in [3.63, 3.8) is 0 Å². The molecule has 0 spiro atoms. The van der Waals surface area contributed by atoms with Gasteiger partial charge in [0, 0.05) is 12.1 Å². The van der Waals surface area contributed by atoms with Gasteiger partial charge in [-0.25, -0.2) is 13.2 Å². The molecule has 2 amide bonds. The molecule has 0 heterocycles. The van der Waals surface area contributed by atoms with Gasteiger partial charge in [-0.1, -0.05) is 73.1 Å². The molecule has 184 valence electrons. The average molecular weight is 516 g/mol. The smallest absolute Gasteiger partial charge is 0.322 e. The Kier molecular flexibility index (Phi) is 8.86. The van der Waals surface area contributed by atoms with E-state index in [0.717, 1.165) is 17.5 Å². The van der Waals surface area contributed by atoms with Crippen LogP contribution < -0.4 is 15.4 Å². The molecule has 4 N–H and O–H groups in total. The third-order valence-electron chi connectivity index (χ3n) is 5.11. The first-order chi connectivity index (χ1) is 16.7. The van der Waals surface area contributed by atoms with Gasteiger partial charge >= 0.3 is 12.0 Å². The quantitative estimate of drug-likeness (QED) is 0.316. The molecule has 1 unspecified atom stereocenters. The second-order valence-electron chi connectivity index (χ2n) is 7.77. The molecule has 0 aliphatic carbocycles. The van der Waals surface area contributed by atoms with Crippen molar-refractivity contribution in [2.45, 2.75) is 30.7 Å². The summed E-state index contributed by atoms with van der Waals surface area (Å²) in [6.07, 6.45) is 0.615. The molecule has 10 heteroatoms. The molecule has 0 radical (unpaired) electrons. The summed E-state index contributed by atoms with van der Waals surface area (Å²) >= 11 is 6.00. The molecule has 0 saturated heterocycles. The summed E-state index contributed by atoms with van der Waals surface area (Å²) in [6, 6.07) is 18.5. The second-order valence-corrected chi connectivity index (χ2v) is 9.86. The molecule has 1 atom stereocenters. The Hall–Kier alpha value is -3.40. The predicted molar refractivity (Wildman–Crippen MR) is 136 cm³/mol. The summed E-state index contributed by atoms with van der Waals surface area (Å²) in [5.74, 6) is -1.34. The highest BCUT2D eigenvalue weighted by atomic mass is 35.5. The molecule has 3 rings (SSSR count). The maximum absolute atomic E-state index is 12.8. The monoisotopic (exact) mass is 515 g/mol. The topological polar surface area (TPSA) is 125 Å². The first-order valence-electron chi connectivity index (χ1n) is 10.9. The van der Waals surface area contributed by atoms with Crippen LogP contribution in [0.4, 0.5) is 10.5 Å². The van der Waals surface area contributed by atoms with Crippen LogP contribution in [0.25, 0.3) is 11.1 Å². The molecule has 0 saturated carbocycles. The Morgan fingerprint density at radius 2 is 1.69 bits per heavy atom. The zero-order valence-electron chi connectivity index (χ0n) is 19.0. The minimum atomic E-state index is -4.19. The lowest BCUT2D eigenvalue weighted by Crippen LogP contribution is -2.42. The fraction of sp³-hybridized carbons (Fsp3) is 0.200. The van der Waals surface area contributed by atoms with E-state index in [9.17, 15) is 23.1 Å². The standard InChI is InChI=1S/C25H26ClN3O5S/c1-2-14-27-25(32)28-21-15-17(12-13-19(21)18-8-4-3-5-9-18)16-22(24(30)31)29-35(33,34)23-11-7-6-10-20(23)26/h3-13,15,22,29H,2,14,16H2,1H3,(H,30,31)(H2,27,28,32). The summed E-state index contributed by atoms with van der Waals surface area (Å²) in [7, 11) is -4.19. The van der Waals surface area contributed by atoms with Gasteiger partial charge in [0.05, 0.1) is 10.7 Å². The minimum Gasteiger partial charge on any atom is -0.480 e. The molecule has 0 aliphatic rings. The molecule has 0 aliphatic heterocycles. The number of urea groups is 1. The number of benzene rings is 3. The summed E-state index contributed by atoms with van der Waals surface area (Å²) in [5, 5.41) is 15.3. The van der Waals surface area contributed by atoms with Crippen molar-refractivity contribution in [3.05, 3.63) is 83.4 Å². The van der Waals surface area contributed by atoms with Crippen LogP contribution in [-0.2, 0) is 21.2 Å². The number of carboxylic acid groups (broad SMARTS) is 1. The Bertz CT molecular complexity index is 1300. The number of hydrogen-bond acceptors (Lipinski definition) is 4. The Labute approximate surface area is 209 Å². The third kappa shape index (κ3) is 7.05. The zero-order valence-corrected chi connectivity index (χ0v) is 20.6. The van der Waals surface area contributed by atoms with Crippen molar-refractivity contribution in [2.24, 2.45) is 0 Å². The maximum atomic E-state index is 12.8. The SMILES string of the molecule is CCCNC(=O)Nc1cc(CC(NS(=O)(=O)c2ccccc2Cl)C(=O)O)ccc1-c1ccccc1. The van der Waals surface area contributed by atoms with Gasteiger partial charge in [-0.3, -0.25) is 4.79 Å². The summed E-state index contributed by atoms with van der Waals surface area (Å²) in [5.41, 5.74) is 2.59. The number of halogens is 1. The predicted octanol–water partition coefficient (Wildman–Crippen LogP) is 4.51. The maximum Gasteiger partial charge on any atom is 0.322 e. The lowest BCUT2D eigenvalue weighted by Gasteiger charge is -2.18. The second kappa shape index (κ2) is 11.8. The lowest BCUT2D eigenvalue weighted by atomic mass is 9.98. The molecule has 8 nitrogen and oxygen atoms in total. The van der Waals surface area contributed by atoms with Crippen molar-refractivity contribution in [3.8, 4) is 11.1 Å². The van der Waals surface area contributed by atoms with Crippen molar-refractivity contribution in [2.75, 3.05) is 11.9 Å². The number of carbonyl (C=O) groups excluding carboxylic acids is 1. The molecular formula is C25H26ClN3O5S. The minimum absolute atomic E-state index is 0.0130. The summed E-state index contributed by atoms with van der Waals surface area (Å²) in [6.45, 7) is 2.43. The van der Waals surface area contributed by atoms with Crippen molar-refractivity contribution < 1.29 is 23.1 Å². The Morgan fingerprint density at radius 3 is 2.34 bits per heavy atom. The van der Waals surface area contributed by atoms with Gasteiger partial charge < -0.3 is 15.7 Å². The van der Waals surface area contributed by atoms with Crippen molar-refractivity contribution in [1.82, 2.24) is 10.0 Å². The van der Waals surface area contributed by atoms with Crippen LogP contribution in [0.2, 0.25) is 5.02 Å². The van der Waals surface area contributed by atoms with E-state index in [1.165, 1.54) is 18.2 Å². The number of nitrogens with one attached hydrogen (secondary N) is 3. The molecule has 0 fully saturated rings. The Balaban J connectivity index is 1.91. The summed E-state index contributed by atoms with van der Waals surface area (Å²) in [4.78, 5) is 24.1. The Morgan fingerprint density at radius 1 is 1.00 bits per heavy atom. The fourth-order valence-electron chi connectivity index (χ4n) is 3.42. The number of sulfonamides is 1. The number of amides is 2. The van der Waals surface area contributed by atoms with E-state index in [-0.39, 0.29) is 16.3 Å². The average Bonchev–Trinajstić information content (AvgIpc) is 2.83. The van der Waals surface area contributed by atoms with E-state index in [4.69, 9.17) is 11.6 Å². The van der Waals surface area contributed by atoms with E-state index in [0.29, 0.717) is 17.8 Å². The van der Waals surface area contributed by atoms with Gasteiger partial charge in [-0.15, -0.1) is 0 Å². The largest absolute Gasteiger partial charge is 0.480 e. The van der Waals surface area contributed by atoms with Crippen molar-refractivity contribution in [1.29, 1.82) is 0 Å². The van der Waals surface area contributed by atoms with Crippen molar-refractivity contribution >= 4 is 39.3 Å².